The second kappa shape index (κ2) is 8.16. The summed E-state index contributed by atoms with van der Waals surface area (Å²) in [6.07, 6.45) is 5.35. The molecule has 0 spiro atoms. The molecule has 2 heteroatoms. The molecule has 1 heterocycles. The molecule has 0 amide bonds. The molecule has 18 heavy (non-hydrogen) atoms. The van der Waals surface area contributed by atoms with Gasteiger partial charge in [-0.05, 0) is 37.6 Å². The Morgan fingerprint density at radius 3 is 2.50 bits per heavy atom. The topological polar surface area (TPSA) is 15.3 Å². The van der Waals surface area contributed by atoms with Crippen LogP contribution in [0.1, 0.15) is 60.3 Å². The van der Waals surface area contributed by atoms with Crippen LogP contribution >= 0.6 is 0 Å². The van der Waals surface area contributed by atoms with Crippen molar-refractivity contribution in [2.75, 3.05) is 19.6 Å². The van der Waals surface area contributed by atoms with Crippen LogP contribution in [0.25, 0.3) is 0 Å². The summed E-state index contributed by atoms with van der Waals surface area (Å²) in [6, 6.07) is 1.47. The summed E-state index contributed by atoms with van der Waals surface area (Å²) in [6.45, 7) is 15.4. The second-order valence-electron chi connectivity index (χ2n) is 6.74. The summed E-state index contributed by atoms with van der Waals surface area (Å²) >= 11 is 0. The fourth-order valence-electron chi connectivity index (χ4n) is 3.06. The van der Waals surface area contributed by atoms with Crippen molar-refractivity contribution in [1.29, 1.82) is 0 Å². The van der Waals surface area contributed by atoms with Crippen molar-refractivity contribution in [3.05, 3.63) is 0 Å². The standard InChI is InChI=1S/C16H34N2/c1-6-8-15-12-18(10-7-9-13(2)3)16(11-17-15)14(4)5/h13-17H,6-12H2,1-5H3. The normalized spacial score (nSPS) is 26.2. The van der Waals surface area contributed by atoms with Gasteiger partial charge in [0, 0.05) is 25.2 Å². The van der Waals surface area contributed by atoms with E-state index in [4.69, 9.17) is 0 Å². The Bertz CT molecular complexity index is 213. The lowest BCUT2D eigenvalue weighted by atomic mass is 9.96. The highest BCUT2D eigenvalue weighted by atomic mass is 15.2. The van der Waals surface area contributed by atoms with Gasteiger partial charge in [-0.25, -0.2) is 0 Å². The Hall–Kier alpha value is -0.0800. The van der Waals surface area contributed by atoms with Crippen molar-refractivity contribution >= 4 is 0 Å². The van der Waals surface area contributed by atoms with Gasteiger partial charge in [0.05, 0.1) is 0 Å². The van der Waals surface area contributed by atoms with Gasteiger partial charge in [0.25, 0.3) is 0 Å². The molecule has 2 nitrogen and oxygen atoms in total. The number of hydrogen-bond acceptors (Lipinski definition) is 2. The molecule has 1 rings (SSSR count). The molecule has 0 radical (unpaired) electrons. The lowest BCUT2D eigenvalue weighted by molar-refractivity contribution is 0.0928. The maximum atomic E-state index is 3.74. The molecule has 0 aromatic rings. The van der Waals surface area contributed by atoms with Crippen LogP contribution < -0.4 is 5.32 Å². The van der Waals surface area contributed by atoms with E-state index < -0.39 is 0 Å². The summed E-state index contributed by atoms with van der Waals surface area (Å²) in [5.41, 5.74) is 0. The van der Waals surface area contributed by atoms with E-state index in [-0.39, 0.29) is 0 Å². The van der Waals surface area contributed by atoms with Gasteiger partial charge in [0.15, 0.2) is 0 Å². The van der Waals surface area contributed by atoms with E-state index in [0.717, 1.165) is 23.9 Å². The lowest BCUT2D eigenvalue weighted by Gasteiger charge is -2.42. The van der Waals surface area contributed by atoms with Crippen LogP contribution in [0.3, 0.4) is 0 Å². The highest BCUT2D eigenvalue weighted by molar-refractivity contribution is 4.87. The van der Waals surface area contributed by atoms with Crippen LogP contribution in [0.4, 0.5) is 0 Å². The first kappa shape index (κ1) is 16.0. The van der Waals surface area contributed by atoms with Crippen LogP contribution in [0.15, 0.2) is 0 Å². The number of hydrogen-bond donors (Lipinski definition) is 1. The molecular formula is C16H34N2. The van der Waals surface area contributed by atoms with Gasteiger partial charge in [-0.2, -0.15) is 0 Å². The van der Waals surface area contributed by atoms with E-state index in [0.29, 0.717) is 0 Å². The quantitative estimate of drug-likeness (QED) is 0.748. The predicted octanol–water partition coefficient (Wildman–Crippen LogP) is 3.52. The third-order valence-corrected chi connectivity index (χ3v) is 4.17. The largest absolute Gasteiger partial charge is 0.311 e. The number of piperazine rings is 1. The first-order chi connectivity index (χ1) is 8.54. The first-order valence-electron chi connectivity index (χ1n) is 8.02. The maximum Gasteiger partial charge on any atom is 0.0244 e. The Morgan fingerprint density at radius 1 is 1.22 bits per heavy atom. The molecule has 1 N–H and O–H groups in total. The summed E-state index contributed by atoms with van der Waals surface area (Å²) in [5, 5.41) is 3.74. The fraction of sp³-hybridized carbons (Fsp3) is 1.00. The third-order valence-electron chi connectivity index (χ3n) is 4.17. The molecule has 0 aliphatic carbocycles. The summed E-state index contributed by atoms with van der Waals surface area (Å²) < 4.78 is 0. The van der Waals surface area contributed by atoms with E-state index in [1.807, 2.05) is 0 Å². The Kier molecular flexibility index (Phi) is 7.25. The average molecular weight is 254 g/mol. The van der Waals surface area contributed by atoms with Crippen LogP contribution in [-0.2, 0) is 0 Å². The van der Waals surface area contributed by atoms with Gasteiger partial charge < -0.3 is 5.32 Å². The van der Waals surface area contributed by atoms with E-state index in [2.05, 4.69) is 44.8 Å². The Labute approximate surface area is 115 Å². The fourth-order valence-corrected chi connectivity index (χ4v) is 3.06. The zero-order valence-electron chi connectivity index (χ0n) is 13.2. The van der Waals surface area contributed by atoms with Crippen molar-refractivity contribution in [3.63, 3.8) is 0 Å². The maximum absolute atomic E-state index is 3.74. The molecule has 1 aliphatic heterocycles. The van der Waals surface area contributed by atoms with E-state index >= 15 is 0 Å². The van der Waals surface area contributed by atoms with E-state index in [9.17, 15) is 0 Å². The molecule has 2 atom stereocenters. The summed E-state index contributed by atoms with van der Waals surface area (Å²) in [5.74, 6) is 1.61. The molecule has 0 bridgehead atoms. The summed E-state index contributed by atoms with van der Waals surface area (Å²) in [7, 11) is 0. The molecular weight excluding hydrogens is 220 g/mol. The van der Waals surface area contributed by atoms with Gasteiger partial charge >= 0.3 is 0 Å². The van der Waals surface area contributed by atoms with Crippen molar-refractivity contribution in [2.24, 2.45) is 11.8 Å². The highest BCUT2D eigenvalue weighted by Gasteiger charge is 2.28. The first-order valence-corrected chi connectivity index (χ1v) is 8.02. The number of nitrogens with one attached hydrogen (secondary N) is 1. The van der Waals surface area contributed by atoms with Gasteiger partial charge in [-0.15, -0.1) is 0 Å². The molecule has 0 aromatic heterocycles. The van der Waals surface area contributed by atoms with Crippen LogP contribution in [0.2, 0.25) is 0 Å². The lowest BCUT2D eigenvalue weighted by Crippen LogP contribution is -2.58. The smallest absolute Gasteiger partial charge is 0.0244 e. The average Bonchev–Trinajstić information content (AvgIpc) is 2.29. The zero-order chi connectivity index (χ0) is 13.5. The monoisotopic (exact) mass is 254 g/mol. The van der Waals surface area contributed by atoms with Crippen molar-refractivity contribution in [3.8, 4) is 0 Å². The Balaban J connectivity index is 2.44. The molecule has 108 valence electrons. The molecule has 0 saturated carbocycles. The van der Waals surface area contributed by atoms with Gasteiger partial charge in [-0.1, -0.05) is 41.0 Å². The van der Waals surface area contributed by atoms with Crippen molar-refractivity contribution in [2.45, 2.75) is 72.4 Å². The highest BCUT2D eigenvalue weighted by Crippen LogP contribution is 2.18. The zero-order valence-corrected chi connectivity index (χ0v) is 13.2. The minimum Gasteiger partial charge on any atom is -0.311 e. The van der Waals surface area contributed by atoms with Gasteiger partial charge in [0.1, 0.15) is 0 Å². The number of rotatable bonds is 7. The predicted molar refractivity (Wildman–Crippen MR) is 81.0 cm³/mol. The van der Waals surface area contributed by atoms with Gasteiger partial charge in [0.2, 0.25) is 0 Å². The van der Waals surface area contributed by atoms with Crippen molar-refractivity contribution < 1.29 is 0 Å². The van der Waals surface area contributed by atoms with E-state index in [1.165, 1.54) is 45.3 Å². The van der Waals surface area contributed by atoms with Crippen molar-refractivity contribution in [1.82, 2.24) is 10.2 Å². The molecule has 2 unspecified atom stereocenters. The molecule has 1 fully saturated rings. The van der Waals surface area contributed by atoms with Crippen LogP contribution in [0, 0.1) is 11.8 Å². The molecule has 1 saturated heterocycles. The van der Waals surface area contributed by atoms with Gasteiger partial charge in [-0.3, -0.25) is 4.90 Å². The SMILES string of the molecule is CCCC1CN(CCCC(C)C)C(C(C)C)CN1. The minimum atomic E-state index is 0.726. The second-order valence-corrected chi connectivity index (χ2v) is 6.74. The third kappa shape index (κ3) is 5.27. The van der Waals surface area contributed by atoms with Crippen LogP contribution in [-0.4, -0.2) is 36.6 Å². The molecule has 0 aromatic carbocycles. The number of nitrogens with zero attached hydrogens (tertiary/aromatic N) is 1. The van der Waals surface area contributed by atoms with E-state index in [1.54, 1.807) is 0 Å². The minimum absolute atomic E-state index is 0.726. The molecule has 1 aliphatic rings. The Morgan fingerprint density at radius 2 is 1.94 bits per heavy atom. The summed E-state index contributed by atoms with van der Waals surface area (Å²) in [4.78, 5) is 2.75. The van der Waals surface area contributed by atoms with Crippen LogP contribution in [0.5, 0.6) is 0 Å².